The molecule has 0 aromatic carbocycles. The number of aliphatic hydroxyl groups is 2. The molecule has 0 aliphatic rings. The minimum atomic E-state index is -0.167. The molecule has 0 aliphatic heterocycles. The highest BCUT2D eigenvalue weighted by Crippen LogP contribution is 1.65. The summed E-state index contributed by atoms with van der Waals surface area (Å²) in [5.41, 5.74) is 0. The zero-order valence-electron chi connectivity index (χ0n) is 7.90. The van der Waals surface area contributed by atoms with E-state index in [-0.39, 0.29) is 6.10 Å². The first-order valence-corrected chi connectivity index (χ1v) is 3.25. The first-order valence-electron chi connectivity index (χ1n) is 3.25. The first kappa shape index (κ1) is 16.8. The Morgan fingerprint density at radius 1 is 1.27 bits per heavy atom. The molecule has 0 saturated carbocycles. The number of hydrogen-bond acceptors (Lipinski definition) is 3. The number of nitrogens with zero attached hydrogens (tertiary/aromatic N) is 1. The topological polar surface area (TPSA) is 60.8 Å². The summed E-state index contributed by atoms with van der Waals surface area (Å²) < 4.78 is 0. The maximum Gasteiger partial charge on any atom is 0.209 e. The van der Waals surface area contributed by atoms with E-state index in [9.17, 15) is 4.79 Å². The van der Waals surface area contributed by atoms with Gasteiger partial charge in [-0.15, -0.1) is 0 Å². The number of carbonyl (C=O) groups is 1. The van der Waals surface area contributed by atoms with Crippen molar-refractivity contribution in [1.82, 2.24) is 4.90 Å². The lowest BCUT2D eigenvalue weighted by molar-refractivity contribution is -0.115. The van der Waals surface area contributed by atoms with Crippen LogP contribution in [0.25, 0.3) is 0 Å². The van der Waals surface area contributed by atoms with Gasteiger partial charge in [-0.25, -0.2) is 0 Å². The van der Waals surface area contributed by atoms with E-state index in [0.717, 1.165) is 13.5 Å². The lowest BCUT2D eigenvalue weighted by atomic mass is 10.5. The zero-order chi connectivity index (χ0) is 9.86. The van der Waals surface area contributed by atoms with Crippen LogP contribution in [0.2, 0.25) is 0 Å². The maximum atomic E-state index is 9.43. The fourth-order valence-electron chi connectivity index (χ4n) is 0. The smallest absolute Gasteiger partial charge is 0.209 e. The Kier molecular flexibility index (Phi) is 24.7. The molecule has 11 heavy (non-hydrogen) atoms. The largest absolute Gasteiger partial charge is 0.400 e. The molecule has 0 aromatic rings. The van der Waals surface area contributed by atoms with Crippen LogP contribution >= 0.6 is 0 Å². The van der Waals surface area contributed by atoms with Crippen molar-refractivity contribution in [3.8, 4) is 0 Å². The third-order valence-electron chi connectivity index (χ3n) is 0.211. The van der Waals surface area contributed by atoms with Crippen molar-refractivity contribution in [3.05, 3.63) is 0 Å². The average molecular weight is 165 g/mol. The van der Waals surface area contributed by atoms with E-state index in [0.29, 0.717) is 0 Å². The van der Waals surface area contributed by atoms with Crippen molar-refractivity contribution in [3.63, 3.8) is 0 Å². The Morgan fingerprint density at radius 2 is 1.36 bits per heavy atom. The second kappa shape index (κ2) is 16.2. The highest BCUT2D eigenvalue weighted by Gasteiger charge is 1.69. The normalized spacial score (nSPS) is 6.91. The van der Waals surface area contributed by atoms with Gasteiger partial charge in [0, 0.05) is 27.3 Å². The summed E-state index contributed by atoms with van der Waals surface area (Å²) in [7, 11) is 4.38. The van der Waals surface area contributed by atoms with E-state index in [1.54, 1.807) is 27.9 Å². The van der Waals surface area contributed by atoms with Gasteiger partial charge in [0.05, 0.1) is 0 Å². The monoisotopic (exact) mass is 165 g/mol. The summed E-state index contributed by atoms with van der Waals surface area (Å²) in [6.07, 6.45) is 0.583. The number of rotatable bonds is 1. The summed E-state index contributed by atoms with van der Waals surface area (Å²) in [4.78, 5) is 10.9. The third kappa shape index (κ3) is 265. The van der Waals surface area contributed by atoms with E-state index in [1.807, 2.05) is 0 Å². The van der Waals surface area contributed by atoms with Gasteiger partial charge in [0.25, 0.3) is 0 Å². The molecule has 0 fully saturated rings. The minimum absolute atomic E-state index is 0.167. The lowest BCUT2D eigenvalue weighted by Crippen LogP contribution is -2.06. The maximum absolute atomic E-state index is 9.43. The highest BCUT2D eigenvalue weighted by molar-refractivity contribution is 5.45. The predicted octanol–water partition coefficient (Wildman–Crippen LogP) is -0.300. The van der Waals surface area contributed by atoms with Gasteiger partial charge in [-0.2, -0.15) is 0 Å². The van der Waals surface area contributed by atoms with Crippen LogP contribution in [0.5, 0.6) is 0 Å². The van der Waals surface area contributed by atoms with Gasteiger partial charge in [0.1, 0.15) is 0 Å². The predicted molar refractivity (Wildman–Crippen MR) is 45.2 cm³/mol. The standard InChI is InChI=1S/C3H7NO.C3H8O.CH4O/c1-4(2)3-5;1-3(2)4;1-2/h3H,1-2H3;3-4H,1-2H3;2H,1H3. The lowest BCUT2D eigenvalue weighted by Gasteiger charge is -1.93. The van der Waals surface area contributed by atoms with Gasteiger partial charge >= 0.3 is 0 Å². The van der Waals surface area contributed by atoms with E-state index in [1.165, 1.54) is 4.90 Å². The molecule has 0 rings (SSSR count). The molecule has 0 atom stereocenters. The molecule has 2 N–H and O–H groups in total. The molecule has 0 radical (unpaired) electrons. The van der Waals surface area contributed by atoms with E-state index < -0.39 is 0 Å². The highest BCUT2D eigenvalue weighted by atomic mass is 16.3. The Labute approximate surface area is 68.5 Å². The SMILES string of the molecule is CC(C)O.CN(C)C=O.CO. The van der Waals surface area contributed by atoms with Crippen molar-refractivity contribution in [2.24, 2.45) is 0 Å². The fraction of sp³-hybridized carbons (Fsp3) is 0.857. The van der Waals surface area contributed by atoms with Gasteiger partial charge in [-0.05, 0) is 13.8 Å². The Balaban J connectivity index is -0.0000000965. The fourth-order valence-corrected chi connectivity index (χ4v) is 0. The number of amides is 1. The molecule has 1 amide bonds. The van der Waals surface area contributed by atoms with Crippen molar-refractivity contribution < 1.29 is 15.0 Å². The van der Waals surface area contributed by atoms with Crippen LogP contribution < -0.4 is 0 Å². The minimum Gasteiger partial charge on any atom is -0.400 e. The van der Waals surface area contributed by atoms with Crippen LogP contribution in [-0.4, -0.2) is 48.8 Å². The van der Waals surface area contributed by atoms with Gasteiger partial charge in [-0.3, -0.25) is 4.79 Å². The van der Waals surface area contributed by atoms with Crippen LogP contribution in [0.3, 0.4) is 0 Å². The molecule has 0 spiro atoms. The molecule has 70 valence electrons. The third-order valence-corrected chi connectivity index (χ3v) is 0.211. The summed E-state index contributed by atoms with van der Waals surface area (Å²) in [6, 6.07) is 0. The Morgan fingerprint density at radius 3 is 1.36 bits per heavy atom. The van der Waals surface area contributed by atoms with Crippen LogP contribution in [0, 0.1) is 0 Å². The van der Waals surface area contributed by atoms with Gasteiger partial charge in [-0.1, -0.05) is 0 Å². The van der Waals surface area contributed by atoms with Gasteiger partial charge in [0.2, 0.25) is 6.41 Å². The first-order chi connectivity index (χ1) is 5.00. The summed E-state index contributed by atoms with van der Waals surface area (Å²) >= 11 is 0. The van der Waals surface area contributed by atoms with E-state index in [2.05, 4.69) is 0 Å². The quantitative estimate of drug-likeness (QED) is 0.524. The summed E-state index contributed by atoms with van der Waals surface area (Å²) in [5.74, 6) is 0. The Hall–Kier alpha value is -0.610. The molecular formula is C7H19NO3. The molecule has 0 aliphatic carbocycles. The van der Waals surface area contributed by atoms with Crippen molar-refractivity contribution >= 4 is 6.41 Å². The molecule has 0 saturated heterocycles. The second-order valence-electron chi connectivity index (χ2n) is 2.16. The molecular weight excluding hydrogens is 146 g/mol. The number of aliphatic hydroxyl groups excluding tert-OH is 2. The van der Waals surface area contributed by atoms with Crippen LogP contribution in [0.15, 0.2) is 0 Å². The molecule has 0 heterocycles. The molecule has 4 heteroatoms. The zero-order valence-corrected chi connectivity index (χ0v) is 7.90. The molecule has 0 unspecified atom stereocenters. The van der Waals surface area contributed by atoms with Crippen molar-refractivity contribution in [2.45, 2.75) is 20.0 Å². The van der Waals surface area contributed by atoms with E-state index in [4.69, 9.17) is 10.2 Å². The number of hydrogen-bond donors (Lipinski definition) is 2. The average Bonchev–Trinajstić information content (AvgIpc) is 1.91. The summed E-state index contributed by atoms with van der Waals surface area (Å²) in [5, 5.41) is 15.1. The van der Waals surface area contributed by atoms with Crippen molar-refractivity contribution in [1.29, 1.82) is 0 Å². The summed E-state index contributed by atoms with van der Waals surface area (Å²) in [6.45, 7) is 3.44. The van der Waals surface area contributed by atoms with Crippen LogP contribution in [0.4, 0.5) is 0 Å². The molecule has 4 nitrogen and oxygen atoms in total. The van der Waals surface area contributed by atoms with E-state index >= 15 is 0 Å². The number of carbonyl (C=O) groups excluding carboxylic acids is 1. The Bertz CT molecular complexity index is 62.0. The second-order valence-corrected chi connectivity index (χ2v) is 2.16. The van der Waals surface area contributed by atoms with Gasteiger partial charge < -0.3 is 15.1 Å². The van der Waals surface area contributed by atoms with Gasteiger partial charge in [0.15, 0.2) is 0 Å². The van der Waals surface area contributed by atoms with Crippen LogP contribution in [0.1, 0.15) is 13.8 Å². The van der Waals surface area contributed by atoms with Crippen molar-refractivity contribution in [2.75, 3.05) is 21.2 Å². The molecule has 0 aromatic heterocycles. The molecule has 0 bridgehead atoms. The van der Waals surface area contributed by atoms with Crippen LogP contribution in [-0.2, 0) is 4.79 Å².